The lowest BCUT2D eigenvalue weighted by molar-refractivity contribution is 0.326. The SMILES string of the molecule is CCOc1nc(NCc2cccs2)cc(N)c1C#N. The van der Waals surface area contributed by atoms with Crippen LogP contribution in [0.25, 0.3) is 0 Å². The number of anilines is 2. The molecule has 5 nitrogen and oxygen atoms in total. The molecule has 0 saturated carbocycles. The lowest BCUT2D eigenvalue weighted by atomic mass is 10.2. The maximum Gasteiger partial charge on any atom is 0.235 e. The molecule has 0 atom stereocenters. The number of hydrogen-bond acceptors (Lipinski definition) is 6. The number of thiophene rings is 1. The highest BCUT2D eigenvalue weighted by Crippen LogP contribution is 2.25. The van der Waals surface area contributed by atoms with Gasteiger partial charge in [0.1, 0.15) is 17.5 Å². The van der Waals surface area contributed by atoms with Gasteiger partial charge in [-0.05, 0) is 18.4 Å². The van der Waals surface area contributed by atoms with Crippen molar-refractivity contribution in [1.29, 1.82) is 5.26 Å². The van der Waals surface area contributed by atoms with E-state index in [1.165, 1.54) is 4.88 Å². The molecule has 2 rings (SSSR count). The predicted molar refractivity (Wildman–Crippen MR) is 76.2 cm³/mol. The monoisotopic (exact) mass is 274 g/mol. The molecule has 0 amide bonds. The first-order chi connectivity index (χ1) is 9.24. The van der Waals surface area contributed by atoms with Crippen molar-refractivity contribution in [1.82, 2.24) is 4.98 Å². The highest BCUT2D eigenvalue weighted by Gasteiger charge is 2.11. The Morgan fingerprint density at radius 3 is 3.05 bits per heavy atom. The van der Waals surface area contributed by atoms with Crippen LogP contribution in [0.5, 0.6) is 5.88 Å². The van der Waals surface area contributed by atoms with Gasteiger partial charge in [0, 0.05) is 10.9 Å². The van der Waals surface area contributed by atoms with Gasteiger partial charge in [-0.3, -0.25) is 0 Å². The number of aromatic nitrogens is 1. The molecule has 2 heterocycles. The highest BCUT2D eigenvalue weighted by atomic mass is 32.1. The molecule has 0 fully saturated rings. The van der Waals surface area contributed by atoms with Crippen LogP contribution in [0.15, 0.2) is 23.6 Å². The minimum atomic E-state index is 0.277. The van der Waals surface area contributed by atoms with Gasteiger partial charge in [-0.25, -0.2) is 0 Å². The first kappa shape index (κ1) is 13.2. The zero-order valence-electron chi connectivity index (χ0n) is 10.5. The van der Waals surface area contributed by atoms with Crippen molar-refractivity contribution < 1.29 is 4.74 Å². The summed E-state index contributed by atoms with van der Waals surface area (Å²) >= 11 is 1.66. The Hall–Kier alpha value is -2.26. The number of pyridine rings is 1. The van der Waals surface area contributed by atoms with E-state index in [9.17, 15) is 0 Å². The summed E-state index contributed by atoms with van der Waals surface area (Å²) < 4.78 is 5.34. The average Bonchev–Trinajstić information content (AvgIpc) is 2.90. The van der Waals surface area contributed by atoms with Crippen LogP contribution < -0.4 is 15.8 Å². The Labute approximate surface area is 115 Å². The van der Waals surface area contributed by atoms with Crippen molar-refractivity contribution >= 4 is 22.8 Å². The van der Waals surface area contributed by atoms with E-state index in [1.54, 1.807) is 17.4 Å². The summed E-state index contributed by atoms with van der Waals surface area (Å²) in [5.74, 6) is 0.882. The van der Waals surface area contributed by atoms with Gasteiger partial charge in [0.25, 0.3) is 0 Å². The lowest BCUT2D eigenvalue weighted by Gasteiger charge is -2.10. The maximum absolute atomic E-state index is 9.03. The second-order valence-electron chi connectivity index (χ2n) is 3.75. The first-order valence-corrected chi connectivity index (χ1v) is 6.72. The van der Waals surface area contributed by atoms with E-state index in [4.69, 9.17) is 15.7 Å². The number of ether oxygens (including phenoxy) is 1. The summed E-state index contributed by atoms with van der Waals surface area (Å²) in [6.45, 7) is 2.95. The van der Waals surface area contributed by atoms with Crippen LogP contribution in [0.4, 0.5) is 11.5 Å². The largest absolute Gasteiger partial charge is 0.477 e. The van der Waals surface area contributed by atoms with Gasteiger partial charge >= 0.3 is 0 Å². The van der Waals surface area contributed by atoms with E-state index in [0.29, 0.717) is 24.7 Å². The fourth-order valence-electron chi connectivity index (χ4n) is 1.58. The Morgan fingerprint density at radius 2 is 2.42 bits per heavy atom. The zero-order chi connectivity index (χ0) is 13.7. The molecule has 19 heavy (non-hydrogen) atoms. The van der Waals surface area contributed by atoms with Gasteiger partial charge in [0.05, 0.1) is 18.8 Å². The molecule has 0 aliphatic heterocycles. The fourth-order valence-corrected chi connectivity index (χ4v) is 2.22. The van der Waals surface area contributed by atoms with E-state index in [0.717, 1.165) is 0 Å². The van der Waals surface area contributed by atoms with Crippen LogP contribution in [0.3, 0.4) is 0 Å². The van der Waals surface area contributed by atoms with E-state index < -0.39 is 0 Å². The summed E-state index contributed by atoms with van der Waals surface area (Å²) in [6, 6.07) is 7.68. The number of hydrogen-bond donors (Lipinski definition) is 2. The van der Waals surface area contributed by atoms with Crippen LogP contribution in [0, 0.1) is 11.3 Å². The van der Waals surface area contributed by atoms with Crippen LogP contribution in [-0.4, -0.2) is 11.6 Å². The van der Waals surface area contributed by atoms with Crippen molar-refractivity contribution in [3.05, 3.63) is 34.0 Å². The van der Waals surface area contributed by atoms with Gasteiger partial charge in [0.2, 0.25) is 5.88 Å². The fraction of sp³-hybridized carbons (Fsp3) is 0.231. The second kappa shape index (κ2) is 6.07. The molecule has 0 unspecified atom stereocenters. The normalized spacial score (nSPS) is 9.89. The molecule has 0 aliphatic carbocycles. The van der Waals surface area contributed by atoms with Crippen molar-refractivity contribution in [2.24, 2.45) is 0 Å². The molecular formula is C13H14N4OS. The molecule has 0 saturated heterocycles. The van der Waals surface area contributed by atoms with Gasteiger partial charge < -0.3 is 15.8 Å². The summed E-state index contributed by atoms with van der Waals surface area (Å²) in [5, 5.41) is 14.2. The molecule has 2 aromatic rings. The van der Waals surface area contributed by atoms with Gasteiger partial charge in [-0.2, -0.15) is 10.2 Å². The maximum atomic E-state index is 9.03. The molecule has 6 heteroatoms. The second-order valence-corrected chi connectivity index (χ2v) is 4.79. The number of nitrogens with two attached hydrogens (primary N) is 1. The zero-order valence-corrected chi connectivity index (χ0v) is 11.3. The van der Waals surface area contributed by atoms with Crippen molar-refractivity contribution in [3.63, 3.8) is 0 Å². The summed E-state index contributed by atoms with van der Waals surface area (Å²) in [5.41, 5.74) is 6.48. The standard InChI is InChI=1S/C13H14N4OS/c1-2-18-13-10(7-14)11(15)6-12(17-13)16-8-9-4-3-5-19-9/h3-6H,2,8H2,1H3,(H3,15,16,17). The summed E-state index contributed by atoms with van der Waals surface area (Å²) in [7, 11) is 0. The van der Waals surface area contributed by atoms with E-state index >= 15 is 0 Å². The third kappa shape index (κ3) is 3.14. The highest BCUT2D eigenvalue weighted by molar-refractivity contribution is 7.09. The number of rotatable bonds is 5. The summed E-state index contributed by atoms with van der Waals surface area (Å²) in [4.78, 5) is 5.46. The van der Waals surface area contributed by atoms with E-state index in [1.807, 2.05) is 30.5 Å². The third-order valence-corrected chi connectivity index (χ3v) is 3.31. The van der Waals surface area contributed by atoms with Crippen molar-refractivity contribution in [2.45, 2.75) is 13.5 Å². The molecule has 0 aliphatic rings. The average molecular weight is 274 g/mol. The first-order valence-electron chi connectivity index (χ1n) is 5.84. The number of nitrogens with zero attached hydrogens (tertiary/aromatic N) is 2. The van der Waals surface area contributed by atoms with E-state index in [-0.39, 0.29) is 11.4 Å². The summed E-state index contributed by atoms with van der Waals surface area (Å²) in [6.07, 6.45) is 0. The molecule has 0 spiro atoms. The Balaban J connectivity index is 2.19. The van der Waals surface area contributed by atoms with Gasteiger partial charge in [-0.1, -0.05) is 6.07 Å². The van der Waals surface area contributed by atoms with Crippen LogP contribution in [0.2, 0.25) is 0 Å². The molecule has 2 aromatic heterocycles. The quantitative estimate of drug-likeness (QED) is 0.875. The molecule has 3 N–H and O–H groups in total. The Morgan fingerprint density at radius 1 is 1.58 bits per heavy atom. The lowest BCUT2D eigenvalue weighted by Crippen LogP contribution is -2.06. The number of nitriles is 1. The van der Waals surface area contributed by atoms with Crippen LogP contribution >= 0.6 is 11.3 Å². The topological polar surface area (TPSA) is 84.0 Å². The van der Waals surface area contributed by atoms with Crippen LogP contribution in [-0.2, 0) is 6.54 Å². The van der Waals surface area contributed by atoms with Crippen LogP contribution in [0.1, 0.15) is 17.4 Å². The molecule has 0 radical (unpaired) electrons. The van der Waals surface area contributed by atoms with E-state index in [2.05, 4.69) is 10.3 Å². The third-order valence-electron chi connectivity index (χ3n) is 2.43. The predicted octanol–water partition coefficient (Wildman–Crippen LogP) is 2.61. The number of nitrogen functional groups attached to an aromatic ring is 1. The number of nitrogens with one attached hydrogen (secondary N) is 1. The molecule has 98 valence electrons. The van der Waals surface area contributed by atoms with Crippen molar-refractivity contribution in [2.75, 3.05) is 17.7 Å². The molecule has 0 aromatic carbocycles. The minimum Gasteiger partial charge on any atom is -0.477 e. The van der Waals surface area contributed by atoms with Gasteiger partial charge in [-0.15, -0.1) is 11.3 Å². The smallest absolute Gasteiger partial charge is 0.235 e. The Bertz CT molecular complexity index is 589. The molecular weight excluding hydrogens is 260 g/mol. The van der Waals surface area contributed by atoms with Gasteiger partial charge in [0.15, 0.2) is 0 Å². The Kier molecular flexibility index (Phi) is 4.21. The minimum absolute atomic E-state index is 0.277. The van der Waals surface area contributed by atoms with Crippen molar-refractivity contribution in [3.8, 4) is 11.9 Å². The molecule has 0 bridgehead atoms.